The summed E-state index contributed by atoms with van der Waals surface area (Å²) in [5.41, 5.74) is 0.329. The Bertz CT molecular complexity index is 1020. The molecule has 0 saturated carbocycles. The summed E-state index contributed by atoms with van der Waals surface area (Å²) in [6, 6.07) is 6.27. The number of anilines is 1. The van der Waals surface area contributed by atoms with E-state index in [9.17, 15) is 18.0 Å². The third-order valence-corrected chi connectivity index (χ3v) is 6.83. The predicted octanol–water partition coefficient (Wildman–Crippen LogP) is 2.35. The SMILES string of the molecule is COC(=O)C1=C(C(=O)OC)N(c2cccc(S(=O)(=O)N3CCCCC3)c2)C=CC=C1. The topological polar surface area (TPSA) is 93.2 Å². The van der Waals surface area contributed by atoms with Gasteiger partial charge in [-0.1, -0.05) is 18.6 Å². The molecule has 3 rings (SSSR count). The van der Waals surface area contributed by atoms with Crippen LogP contribution in [0.1, 0.15) is 19.3 Å². The van der Waals surface area contributed by atoms with Gasteiger partial charge in [-0.2, -0.15) is 4.31 Å². The van der Waals surface area contributed by atoms with Crippen LogP contribution in [0.2, 0.25) is 0 Å². The molecule has 8 nitrogen and oxygen atoms in total. The molecule has 2 heterocycles. The minimum atomic E-state index is -3.67. The van der Waals surface area contributed by atoms with Gasteiger partial charge in [0, 0.05) is 25.0 Å². The minimum absolute atomic E-state index is 0.00126. The molecular formula is C21H24N2O6S. The smallest absolute Gasteiger partial charge is 0.355 e. The number of esters is 2. The molecule has 30 heavy (non-hydrogen) atoms. The van der Waals surface area contributed by atoms with Gasteiger partial charge in [0.15, 0.2) is 0 Å². The van der Waals surface area contributed by atoms with Crippen LogP contribution in [0, 0.1) is 0 Å². The lowest BCUT2D eigenvalue weighted by atomic mass is 10.1. The van der Waals surface area contributed by atoms with Gasteiger partial charge in [0.1, 0.15) is 5.70 Å². The fraction of sp³-hybridized carbons (Fsp3) is 0.333. The Morgan fingerprint density at radius 3 is 2.33 bits per heavy atom. The van der Waals surface area contributed by atoms with E-state index in [2.05, 4.69) is 0 Å². The molecule has 0 unspecified atom stereocenters. The van der Waals surface area contributed by atoms with Crippen molar-refractivity contribution in [3.8, 4) is 0 Å². The number of benzene rings is 1. The minimum Gasteiger partial charge on any atom is -0.465 e. The van der Waals surface area contributed by atoms with Crippen LogP contribution in [0.4, 0.5) is 5.69 Å². The van der Waals surface area contributed by atoms with Crippen molar-refractivity contribution in [2.75, 3.05) is 32.2 Å². The zero-order valence-electron chi connectivity index (χ0n) is 16.9. The molecule has 1 aromatic carbocycles. The van der Waals surface area contributed by atoms with Crippen molar-refractivity contribution in [3.05, 3.63) is 60.0 Å². The highest BCUT2D eigenvalue weighted by Crippen LogP contribution is 2.29. The molecule has 160 valence electrons. The molecule has 0 N–H and O–H groups in total. The highest BCUT2D eigenvalue weighted by molar-refractivity contribution is 7.89. The van der Waals surface area contributed by atoms with E-state index >= 15 is 0 Å². The van der Waals surface area contributed by atoms with Gasteiger partial charge in [-0.25, -0.2) is 18.0 Å². The number of ether oxygens (including phenoxy) is 2. The fourth-order valence-electron chi connectivity index (χ4n) is 3.41. The average molecular weight is 432 g/mol. The van der Waals surface area contributed by atoms with E-state index in [0.29, 0.717) is 18.8 Å². The van der Waals surface area contributed by atoms with Gasteiger partial charge in [0.25, 0.3) is 0 Å². The molecule has 1 fully saturated rings. The second-order valence-electron chi connectivity index (χ2n) is 6.78. The van der Waals surface area contributed by atoms with Crippen molar-refractivity contribution in [2.45, 2.75) is 24.2 Å². The van der Waals surface area contributed by atoms with Crippen molar-refractivity contribution < 1.29 is 27.5 Å². The zero-order chi connectivity index (χ0) is 21.7. The predicted molar refractivity (Wildman–Crippen MR) is 111 cm³/mol. The summed E-state index contributed by atoms with van der Waals surface area (Å²) in [7, 11) is -1.25. The zero-order valence-corrected chi connectivity index (χ0v) is 17.7. The second-order valence-corrected chi connectivity index (χ2v) is 8.72. The molecule has 0 atom stereocenters. The van der Waals surface area contributed by atoms with Crippen LogP contribution < -0.4 is 4.90 Å². The summed E-state index contributed by atoms with van der Waals surface area (Å²) < 4.78 is 37.3. The highest BCUT2D eigenvalue weighted by atomic mass is 32.2. The van der Waals surface area contributed by atoms with Crippen LogP contribution in [0.3, 0.4) is 0 Å². The molecule has 2 aliphatic heterocycles. The average Bonchev–Trinajstić information content (AvgIpc) is 3.01. The first-order valence-electron chi connectivity index (χ1n) is 9.55. The summed E-state index contributed by atoms with van der Waals surface area (Å²) in [5, 5.41) is 0. The Labute approximate surface area is 176 Å². The van der Waals surface area contributed by atoms with Crippen molar-refractivity contribution in [1.82, 2.24) is 4.31 Å². The van der Waals surface area contributed by atoms with Crippen LogP contribution in [-0.4, -0.2) is 52.0 Å². The number of hydrogen-bond donors (Lipinski definition) is 0. The molecule has 1 aromatic rings. The standard InChI is InChI=1S/C21H24N2O6S/c1-28-20(24)18-11-4-7-14-23(19(18)21(25)29-2)16-9-8-10-17(15-16)30(26,27)22-12-5-3-6-13-22/h4,7-11,14-15H,3,5-6,12-13H2,1-2H3. The van der Waals surface area contributed by atoms with E-state index in [0.717, 1.165) is 19.3 Å². The quantitative estimate of drug-likeness (QED) is 0.660. The van der Waals surface area contributed by atoms with Gasteiger partial charge in [0.05, 0.1) is 24.7 Å². The first kappa shape index (κ1) is 21.8. The maximum absolute atomic E-state index is 13.1. The highest BCUT2D eigenvalue weighted by Gasteiger charge is 2.30. The number of nitrogens with zero attached hydrogens (tertiary/aromatic N) is 2. The normalized spacial score (nSPS) is 17.6. The van der Waals surface area contributed by atoms with Gasteiger partial charge in [-0.15, -0.1) is 0 Å². The summed E-state index contributed by atoms with van der Waals surface area (Å²) in [5.74, 6) is -1.46. The van der Waals surface area contributed by atoms with Gasteiger partial charge in [-0.3, -0.25) is 0 Å². The largest absolute Gasteiger partial charge is 0.465 e. The Morgan fingerprint density at radius 1 is 0.967 bits per heavy atom. The van der Waals surface area contributed by atoms with E-state index < -0.39 is 22.0 Å². The molecule has 0 aliphatic carbocycles. The maximum Gasteiger partial charge on any atom is 0.355 e. The van der Waals surface area contributed by atoms with Gasteiger partial charge >= 0.3 is 11.9 Å². The molecule has 0 spiro atoms. The van der Waals surface area contributed by atoms with E-state index in [1.165, 1.54) is 41.6 Å². The molecule has 0 radical (unpaired) electrons. The van der Waals surface area contributed by atoms with Crippen LogP contribution in [0.5, 0.6) is 0 Å². The number of sulfonamides is 1. The summed E-state index contributed by atoms with van der Waals surface area (Å²) in [6.07, 6.45) is 8.90. The monoisotopic (exact) mass is 432 g/mol. The molecule has 2 aliphatic rings. The Balaban J connectivity index is 2.08. The molecule has 0 bridgehead atoms. The Morgan fingerprint density at radius 2 is 1.67 bits per heavy atom. The number of carbonyl (C=O) groups is 2. The lowest BCUT2D eigenvalue weighted by Crippen LogP contribution is -2.35. The van der Waals surface area contributed by atoms with Crippen molar-refractivity contribution in [2.24, 2.45) is 0 Å². The van der Waals surface area contributed by atoms with Gasteiger partial charge in [0.2, 0.25) is 10.0 Å². The first-order chi connectivity index (χ1) is 14.4. The fourth-order valence-corrected chi connectivity index (χ4v) is 4.97. The summed E-state index contributed by atoms with van der Waals surface area (Å²) >= 11 is 0. The Kier molecular flexibility index (Phi) is 6.73. The van der Waals surface area contributed by atoms with E-state index in [1.807, 2.05) is 0 Å². The molecule has 0 amide bonds. The van der Waals surface area contributed by atoms with Gasteiger partial charge < -0.3 is 14.4 Å². The van der Waals surface area contributed by atoms with E-state index in [1.54, 1.807) is 30.5 Å². The van der Waals surface area contributed by atoms with Crippen LogP contribution in [0.25, 0.3) is 0 Å². The third-order valence-electron chi connectivity index (χ3n) is 4.94. The van der Waals surface area contributed by atoms with Crippen molar-refractivity contribution in [3.63, 3.8) is 0 Å². The number of piperidine rings is 1. The van der Waals surface area contributed by atoms with Crippen LogP contribution in [-0.2, 0) is 29.1 Å². The maximum atomic E-state index is 13.1. The third kappa shape index (κ3) is 4.31. The summed E-state index contributed by atoms with van der Waals surface area (Å²) in [4.78, 5) is 26.3. The first-order valence-corrected chi connectivity index (χ1v) is 11.0. The van der Waals surface area contributed by atoms with Crippen LogP contribution >= 0.6 is 0 Å². The second kappa shape index (κ2) is 9.27. The lowest BCUT2D eigenvalue weighted by molar-refractivity contribution is -0.139. The number of carbonyl (C=O) groups excluding carboxylic acids is 2. The van der Waals surface area contributed by atoms with Crippen LogP contribution in [0.15, 0.2) is 64.9 Å². The van der Waals surface area contributed by atoms with Crippen molar-refractivity contribution in [1.29, 1.82) is 0 Å². The molecule has 9 heteroatoms. The lowest BCUT2D eigenvalue weighted by Gasteiger charge is -2.27. The molecular weight excluding hydrogens is 408 g/mol. The van der Waals surface area contributed by atoms with E-state index in [-0.39, 0.29) is 16.2 Å². The van der Waals surface area contributed by atoms with Crippen molar-refractivity contribution >= 4 is 27.6 Å². The van der Waals surface area contributed by atoms with E-state index in [4.69, 9.17) is 9.47 Å². The Hall–Kier alpha value is -2.91. The number of methoxy groups -OCH3 is 2. The molecule has 0 aromatic heterocycles. The number of rotatable bonds is 5. The summed E-state index contributed by atoms with van der Waals surface area (Å²) in [6.45, 7) is 0.972. The van der Waals surface area contributed by atoms with Gasteiger partial charge in [-0.05, 0) is 43.2 Å². The number of allylic oxidation sites excluding steroid dienone is 2. The molecule has 1 saturated heterocycles. The number of hydrogen-bond acceptors (Lipinski definition) is 7.